The van der Waals surface area contributed by atoms with Crippen molar-refractivity contribution in [1.29, 1.82) is 5.26 Å². The van der Waals surface area contributed by atoms with Gasteiger partial charge in [-0.05, 0) is 36.8 Å². The number of aromatic nitrogens is 2. The molecule has 8 nitrogen and oxygen atoms in total. The number of aromatic amines is 1. The zero-order valence-corrected chi connectivity index (χ0v) is 18.1. The number of H-pyrrole nitrogens is 1. The summed E-state index contributed by atoms with van der Waals surface area (Å²) in [4.78, 5) is 31.5. The Kier molecular flexibility index (Phi) is 6.56. The van der Waals surface area contributed by atoms with Gasteiger partial charge in [-0.3, -0.25) is 9.78 Å². The lowest BCUT2D eigenvalue weighted by molar-refractivity contribution is 0.0734. The number of hydrogen-bond donors (Lipinski definition) is 2. The summed E-state index contributed by atoms with van der Waals surface area (Å²) in [7, 11) is 0. The number of rotatable bonds is 6. The number of carbonyl (C=O) groups is 1. The molecule has 4 aromatic rings. The van der Waals surface area contributed by atoms with E-state index in [4.69, 9.17) is 4.74 Å². The van der Waals surface area contributed by atoms with Crippen LogP contribution in [0, 0.1) is 18.3 Å². The highest BCUT2D eigenvalue weighted by Gasteiger charge is 2.13. The topological polar surface area (TPSA) is 120 Å². The van der Waals surface area contributed by atoms with E-state index in [0.717, 1.165) is 5.56 Å². The first-order valence-electron chi connectivity index (χ1n) is 10.3. The smallest absolute Gasteiger partial charge is 0.343 e. The van der Waals surface area contributed by atoms with Crippen molar-refractivity contribution in [3.05, 3.63) is 111 Å². The molecule has 0 atom stereocenters. The summed E-state index contributed by atoms with van der Waals surface area (Å²) in [5, 5.41) is 13.5. The summed E-state index contributed by atoms with van der Waals surface area (Å²) in [5.41, 5.74) is 5.00. The van der Waals surface area contributed by atoms with Gasteiger partial charge >= 0.3 is 5.97 Å². The second kappa shape index (κ2) is 10.1. The van der Waals surface area contributed by atoms with Crippen molar-refractivity contribution in [2.24, 2.45) is 5.10 Å². The number of benzene rings is 3. The molecule has 0 radical (unpaired) electrons. The molecule has 0 fully saturated rings. The molecule has 0 amide bonds. The Morgan fingerprint density at radius 3 is 2.65 bits per heavy atom. The highest BCUT2D eigenvalue weighted by atomic mass is 16.5. The van der Waals surface area contributed by atoms with E-state index >= 15 is 0 Å². The van der Waals surface area contributed by atoms with E-state index in [0.29, 0.717) is 22.4 Å². The third-order valence-corrected chi connectivity index (χ3v) is 4.78. The van der Waals surface area contributed by atoms with Crippen molar-refractivity contribution in [3.8, 4) is 23.1 Å². The van der Waals surface area contributed by atoms with Crippen molar-refractivity contribution in [3.63, 3.8) is 0 Å². The molecular weight excluding hydrogens is 430 g/mol. The molecule has 4 rings (SSSR count). The number of esters is 1. The highest BCUT2D eigenvalue weighted by Crippen LogP contribution is 2.19. The first-order valence-corrected chi connectivity index (χ1v) is 10.3. The Morgan fingerprint density at radius 2 is 1.88 bits per heavy atom. The average Bonchev–Trinajstić information content (AvgIpc) is 2.84. The molecule has 1 heterocycles. The summed E-state index contributed by atoms with van der Waals surface area (Å²) in [5.74, 6) is -0.00318. The first kappa shape index (κ1) is 22.2. The number of carbonyl (C=O) groups excluding carboxylic acids is 1. The van der Waals surface area contributed by atoms with Crippen LogP contribution in [-0.4, -0.2) is 22.2 Å². The Balaban J connectivity index is 1.50. The van der Waals surface area contributed by atoms with Crippen LogP contribution in [-0.2, 0) is 0 Å². The third-order valence-electron chi connectivity index (χ3n) is 4.78. The number of ether oxygens (including phenoxy) is 1. The molecule has 8 heteroatoms. The predicted molar refractivity (Wildman–Crippen MR) is 129 cm³/mol. The maximum Gasteiger partial charge on any atom is 0.343 e. The zero-order valence-electron chi connectivity index (χ0n) is 18.1. The van der Waals surface area contributed by atoms with E-state index in [1.165, 1.54) is 6.21 Å². The maximum atomic E-state index is 12.4. The van der Waals surface area contributed by atoms with Gasteiger partial charge in [-0.25, -0.2) is 15.2 Å². The maximum absolute atomic E-state index is 12.4. The van der Waals surface area contributed by atoms with Crippen molar-refractivity contribution >= 4 is 18.1 Å². The second-order valence-electron chi connectivity index (χ2n) is 7.32. The number of nitrogens with one attached hydrogen (secondary N) is 2. The molecular formula is C26H19N5O3. The molecule has 0 spiro atoms. The molecule has 0 aliphatic carbocycles. The first-order chi connectivity index (χ1) is 16.5. The average molecular weight is 449 g/mol. The van der Waals surface area contributed by atoms with Crippen molar-refractivity contribution in [2.45, 2.75) is 6.92 Å². The van der Waals surface area contributed by atoms with Crippen LogP contribution in [0.25, 0.3) is 11.3 Å². The molecule has 1 aromatic heterocycles. The number of anilines is 1. The van der Waals surface area contributed by atoms with Gasteiger partial charge in [0.15, 0.2) is 0 Å². The fourth-order valence-corrected chi connectivity index (χ4v) is 3.20. The van der Waals surface area contributed by atoms with E-state index in [9.17, 15) is 14.9 Å². The normalized spacial score (nSPS) is 10.6. The lowest BCUT2D eigenvalue weighted by atomic mass is 10.1. The van der Waals surface area contributed by atoms with Crippen LogP contribution in [0.2, 0.25) is 0 Å². The fraction of sp³-hybridized carbons (Fsp3) is 0.0385. The third kappa shape index (κ3) is 5.23. The van der Waals surface area contributed by atoms with Gasteiger partial charge in [0.2, 0.25) is 5.95 Å². The summed E-state index contributed by atoms with van der Waals surface area (Å²) in [6.45, 7) is 1.90. The van der Waals surface area contributed by atoms with Gasteiger partial charge in [-0.1, -0.05) is 60.2 Å². The molecule has 0 aliphatic rings. The molecule has 2 N–H and O–H groups in total. The Bertz CT molecular complexity index is 1470. The van der Waals surface area contributed by atoms with Gasteiger partial charge in [-0.2, -0.15) is 10.4 Å². The van der Waals surface area contributed by atoms with Gasteiger partial charge in [0.05, 0.1) is 17.5 Å². The lowest BCUT2D eigenvalue weighted by Crippen LogP contribution is -2.16. The van der Waals surface area contributed by atoms with Gasteiger partial charge < -0.3 is 4.74 Å². The molecule has 0 saturated carbocycles. The molecule has 0 aliphatic heterocycles. The zero-order chi connectivity index (χ0) is 23.9. The Hall–Kier alpha value is -5.03. The van der Waals surface area contributed by atoms with Crippen LogP contribution in [0.15, 0.2) is 88.8 Å². The van der Waals surface area contributed by atoms with Crippen LogP contribution in [0.1, 0.15) is 27.0 Å². The minimum Gasteiger partial charge on any atom is -0.423 e. The second-order valence-corrected chi connectivity index (χ2v) is 7.32. The summed E-state index contributed by atoms with van der Waals surface area (Å²) < 4.78 is 5.46. The van der Waals surface area contributed by atoms with Crippen LogP contribution < -0.4 is 15.7 Å². The summed E-state index contributed by atoms with van der Waals surface area (Å²) >= 11 is 0. The number of hydrogen-bond acceptors (Lipinski definition) is 7. The van der Waals surface area contributed by atoms with E-state index in [2.05, 4.69) is 20.5 Å². The van der Waals surface area contributed by atoms with Crippen molar-refractivity contribution in [2.75, 3.05) is 5.43 Å². The molecule has 0 bridgehead atoms. The number of aryl methyl sites for hydroxylation is 1. The fourth-order valence-electron chi connectivity index (χ4n) is 3.20. The molecule has 34 heavy (non-hydrogen) atoms. The van der Waals surface area contributed by atoms with E-state index in [-0.39, 0.29) is 17.2 Å². The van der Waals surface area contributed by atoms with Gasteiger partial charge in [0.1, 0.15) is 17.4 Å². The minimum atomic E-state index is -0.570. The van der Waals surface area contributed by atoms with E-state index in [1.54, 1.807) is 66.7 Å². The van der Waals surface area contributed by atoms with E-state index in [1.807, 2.05) is 25.1 Å². The van der Waals surface area contributed by atoms with Crippen molar-refractivity contribution in [1.82, 2.24) is 9.97 Å². The molecule has 0 saturated heterocycles. The molecule has 166 valence electrons. The minimum absolute atomic E-state index is 0.0798. The van der Waals surface area contributed by atoms with Gasteiger partial charge in [0.25, 0.3) is 5.56 Å². The van der Waals surface area contributed by atoms with Crippen LogP contribution >= 0.6 is 0 Å². The summed E-state index contributed by atoms with van der Waals surface area (Å²) in [6.07, 6.45) is 1.49. The Morgan fingerprint density at radius 1 is 1.09 bits per heavy atom. The van der Waals surface area contributed by atoms with Gasteiger partial charge in [-0.15, -0.1) is 0 Å². The quantitative estimate of drug-likeness (QED) is 0.196. The number of nitriles is 1. The monoisotopic (exact) mass is 449 g/mol. The largest absolute Gasteiger partial charge is 0.423 e. The SMILES string of the molecule is Cc1cccc(C(=O)Oc2cccc(C=NNc3nc(-c4ccccc4)c(C#N)c(=O)[nH]3)c2)c1. The van der Waals surface area contributed by atoms with Crippen LogP contribution in [0.5, 0.6) is 5.75 Å². The predicted octanol–water partition coefficient (Wildman–Crippen LogP) is 4.28. The number of hydrazone groups is 1. The lowest BCUT2D eigenvalue weighted by Gasteiger charge is -2.06. The molecule has 3 aromatic carbocycles. The van der Waals surface area contributed by atoms with Gasteiger partial charge in [0, 0.05) is 5.56 Å². The molecule has 0 unspecified atom stereocenters. The van der Waals surface area contributed by atoms with Crippen molar-refractivity contribution < 1.29 is 9.53 Å². The standard InChI is InChI=1S/C26H19N5O3/c1-17-7-5-11-20(13-17)25(33)34-21-12-6-8-18(14-21)16-28-31-26-29-23(19-9-3-2-4-10-19)22(15-27)24(32)30-26/h2-14,16H,1H3,(H2,29,30,31,32). The highest BCUT2D eigenvalue weighted by molar-refractivity contribution is 5.91. The number of nitrogens with zero attached hydrogens (tertiary/aromatic N) is 3. The van der Waals surface area contributed by atoms with E-state index < -0.39 is 11.5 Å². The van der Waals surface area contributed by atoms with Crippen LogP contribution in [0.4, 0.5) is 5.95 Å². The van der Waals surface area contributed by atoms with Crippen LogP contribution in [0.3, 0.4) is 0 Å². The summed E-state index contributed by atoms with van der Waals surface area (Å²) in [6, 6.07) is 24.8. The Labute approximate surface area is 195 Å².